The largest absolute Gasteiger partial charge is 0.493 e. The second-order valence-corrected chi connectivity index (χ2v) is 14.8. The van der Waals surface area contributed by atoms with E-state index >= 15 is 0 Å². The molecule has 0 amide bonds. The van der Waals surface area contributed by atoms with E-state index in [2.05, 4.69) is 23.6 Å². The van der Waals surface area contributed by atoms with Crippen molar-refractivity contribution in [3.8, 4) is 11.5 Å². The number of nitrogens with zero attached hydrogens (tertiary/aromatic N) is 2. The molecule has 0 unspecified atom stereocenters. The van der Waals surface area contributed by atoms with Crippen molar-refractivity contribution in [2.75, 3.05) is 59.1 Å². The average Bonchev–Trinajstić information content (AvgIpc) is 3.12. The molecule has 0 saturated carbocycles. The molecule has 50 heavy (non-hydrogen) atoms. The van der Waals surface area contributed by atoms with Crippen LogP contribution in [0.4, 0.5) is 0 Å². The van der Waals surface area contributed by atoms with Crippen LogP contribution in [0.2, 0.25) is 0 Å². The van der Waals surface area contributed by atoms with Crippen LogP contribution in [0.25, 0.3) is 0 Å². The molecule has 7 heteroatoms. The van der Waals surface area contributed by atoms with E-state index in [0.29, 0.717) is 19.6 Å². The molecule has 2 rings (SSSR count). The lowest BCUT2D eigenvalue weighted by Gasteiger charge is -2.34. The minimum absolute atomic E-state index is 0.153. The molecular weight excluding hydrogens is 624 g/mol. The van der Waals surface area contributed by atoms with Crippen LogP contribution in [0, 0.1) is 0 Å². The fraction of sp³-hybridized carbons (Fsp3) is 0.837. The van der Waals surface area contributed by atoms with Crippen molar-refractivity contribution < 1.29 is 24.1 Å². The van der Waals surface area contributed by atoms with Crippen LogP contribution < -0.4 is 9.47 Å². The molecule has 0 aliphatic carbocycles. The minimum Gasteiger partial charge on any atom is -0.493 e. The summed E-state index contributed by atoms with van der Waals surface area (Å²) in [5, 5.41) is 9.15. The maximum atomic E-state index is 12.6. The Morgan fingerprint density at radius 2 is 0.960 bits per heavy atom. The third-order valence-corrected chi connectivity index (χ3v) is 10.1. The number of benzene rings is 1. The first-order chi connectivity index (χ1) is 24.6. The molecule has 290 valence electrons. The van der Waals surface area contributed by atoms with Gasteiger partial charge in [0.1, 0.15) is 18.1 Å². The summed E-state index contributed by atoms with van der Waals surface area (Å²) in [7, 11) is 0. The van der Waals surface area contributed by atoms with E-state index in [0.717, 1.165) is 75.6 Å². The van der Waals surface area contributed by atoms with E-state index in [1.54, 1.807) is 0 Å². The Balaban J connectivity index is 1.69. The van der Waals surface area contributed by atoms with Gasteiger partial charge in [0.15, 0.2) is 0 Å². The lowest BCUT2D eigenvalue weighted by atomic mass is 10.0. The van der Waals surface area contributed by atoms with E-state index in [1.165, 1.54) is 128 Å². The second-order valence-electron chi connectivity index (χ2n) is 14.8. The Hall–Kier alpha value is -1.83. The number of hydrogen-bond acceptors (Lipinski definition) is 7. The molecule has 1 aliphatic rings. The fourth-order valence-electron chi connectivity index (χ4n) is 6.85. The molecule has 1 saturated heterocycles. The smallest absolute Gasteiger partial charge is 0.306 e. The summed E-state index contributed by atoms with van der Waals surface area (Å²) >= 11 is 0. The Morgan fingerprint density at radius 1 is 0.560 bits per heavy atom. The van der Waals surface area contributed by atoms with E-state index in [-0.39, 0.29) is 19.2 Å². The highest BCUT2D eigenvalue weighted by Crippen LogP contribution is 2.25. The number of rotatable bonds is 34. The number of esters is 1. The van der Waals surface area contributed by atoms with Gasteiger partial charge in [-0.3, -0.25) is 9.69 Å². The molecule has 1 N–H and O–H groups in total. The molecule has 0 atom stereocenters. The lowest BCUT2D eigenvalue weighted by molar-refractivity contribution is -0.145. The molecule has 7 nitrogen and oxygen atoms in total. The average molecular weight is 703 g/mol. The Morgan fingerprint density at radius 3 is 1.38 bits per heavy atom. The van der Waals surface area contributed by atoms with Gasteiger partial charge < -0.3 is 24.2 Å². The SMILES string of the molecule is CCCCCCCCCCCCCCCOc1cc(COC(=O)CCCN2CCN(CCO)CC2)cc(OCCCCCCCCCCC)c1. The maximum Gasteiger partial charge on any atom is 0.306 e. The van der Waals surface area contributed by atoms with Gasteiger partial charge in [-0.1, -0.05) is 142 Å². The number of hydrogen-bond donors (Lipinski definition) is 1. The van der Waals surface area contributed by atoms with Crippen molar-refractivity contribution in [3.63, 3.8) is 0 Å². The second kappa shape index (κ2) is 31.9. The van der Waals surface area contributed by atoms with Crippen molar-refractivity contribution in [2.24, 2.45) is 0 Å². The monoisotopic (exact) mass is 703 g/mol. The fourth-order valence-corrected chi connectivity index (χ4v) is 6.85. The summed E-state index contributed by atoms with van der Waals surface area (Å²) in [4.78, 5) is 17.3. The van der Waals surface area contributed by atoms with Gasteiger partial charge in [0.05, 0.1) is 19.8 Å². The van der Waals surface area contributed by atoms with E-state index in [4.69, 9.17) is 19.3 Å². The van der Waals surface area contributed by atoms with Gasteiger partial charge in [-0.05, 0) is 43.5 Å². The normalized spacial score (nSPS) is 13.9. The molecule has 1 aromatic carbocycles. The maximum absolute atomic E-state index is 12.6. The predicted octanol–water partition coefficient (Wildman–Crippen LogP) is 10.5. The van der Waals surface area contributed by atoms with Crippen LogP contribution in [0.3, 0.4) is 0 Å². The van der Waals surface area contributed by atoms with Crippen LogP contribution in [0.15, 0.2) is 18.2 Å². The summed E-state index contributed by atoms with van der Waals surface area (Å²) < 4.78 is 18.1. The van der Waals surface area contributed by atoms with Crippen LogP contribution in [0.1, 0.15) is 174 Å². The molecule has 1 aromatic rings. The molecule has 0 aromatic heterocycles. The van der Waals surface area contributed by atoms with E-state index < -0.39 is 0 Å². The van der Waals surface area contributed by atoms with Crippen LogP contribution in [0.5, 0.6) is 11.5 Å². The first-order valence-electron chi connectivity index (χ1n) is 21.2. The minimum atomic E-state index is -0.153. The molecule has 0 bridgehead atoms. The topological polar surface area (TPSA) is 71.5 Å². The zero-order chi connectivity index (χ0) is 35.7. The highest BCUT2D eigenvalue weighted by molar-refractivity contribution is 5.69. The van der Waals surface area contributed by atoms with Crippen molar-refractivity contribution in [1.82, 2.24) is 9.80 Å². The number of carbonyl (C=O) groups is 1. The zero-order valence-electron chi connectivity index (χ0n) is 32.7. The third kappa shape index (κ3) is 24.4. The number of carbonyl (C=O) groups excluding carboxylic acids is 1. The number of aliphatic hydroxyl groups is 1. The summed E-state index contributed by atoms with van der Waals surface area (Å²) in [5.74, 6) is 1.46. The zero-order valence-corrected chi connectivity index (χ0v) is 32.7. The number of β-amino-alcohol motifs (C(OH)–C–C–N with tert-alkyl or cyclic N) is 1. The third-order valence-electron chi connectivity index (χ3n) is 10.1. The summed E-state index contributed by atoms with van der Waals surface area (Å²) in [6, 6.07) is 6.01. The first kappa shape index (κ1) is 44.3. The molecular formula is C43H78N2O5. The van der Waals surface area contributed by atoms with Crippen molar-refractivity contribution in [2.45, 2.75) is 175 Å². The van der Waals surface area contributed by atoms with Crippen LogP contribution in [-0.2, 0) is 16.1 Å². The van der Waals surface area contributed by atoms with E-state index in [9.17, 15) is 4.79 Å². The Labute approximate surface area is 308 Å². The highest BCUT2D eigenvalue weighted by Gasteiger charge is 2.16. The Bertz CT molecular complexity index is 921. The summed E-state index contributed by atoms with van der Waals surface area (Å²) in [6.45, 7) is 12.0. The van der Waals surface area contributed by atoms with Gasteiger partial charge in [0, 0.05) is 45.2 Å². The van der Waals surface area contributed by atoms with Crippen LogP contribution in [-0.4, -0.2) is 80.0 Å². The van der Waals surface area contributed by atoms with E-state index in [1.807, 2.05) is 18.2 Å². The molecule has 1 fully saturated rings. The Kier molecular flexibility index (Phi) is 28.3. The number of aliphatic hydroxyl groups excluding tert-OH is 1. The summed E-state index contributed by atoms with van der Waals surface area (Å²) in [6.07, 6.45) is 30.2. The predicted molar refractivity (Wildman–Crippen MR) is 209 cm³/mol. The molecule has 0 spiro atoms. The van der Waals surface area contributed by atoms with Crippen molar-refractivity contribution >= 4 is 5.97 Å². The van der Waals surface area contributed by atoms with Crippen molar-refractivity contribution in [1.29, 1.82) is 0 Å². The van der Waals surface area contributed by atoms with Gasteiger partial charge in [0.25, 0.3) is 0 Å². The summed E-state index contributed by atoms with van der Waals surface area (Å²) in [5.41, 5.74) is 0.920. The van der Waals surface area contributed by atoms with Crippen molar-refractivity contribution in [3.05, 3.63) is 23.8 Å². The van der Waals surface area contributed by atoms with Gasteiger partial charge >= 0.3 is 5.97 Å². The number of piperazine rings is 1. The molecule has 0 radical (unpaired) electrons. The van der Waals surface area contributed by atoms with Gasteiger partial charge in [-0.15, -0.1) is 0 Å². The van der Waals surface area contributed by atoms with Gasteiger partial charge in [-0.25, -0.2) is 0 Å². The number of unbranched alkanes of at least 4 members (excludes halogenated alkanes) is 20. The molecule has 1 aliphatic heterocycles. The first-order valence-corrected chi connectivity index (χ1v) is 21.2. The standard InChI is InChI=1S/C43H78N2O5/c1-3-5-7-9-11-13-14-15-16-18-20-22-24-35-49-42-37-40(36-41(38-42)48-34-23-21-19-17-12-10-8-6-4-2)39-50-43(47)26-25-27-44-28-30-45(31-29-44)32-33-46/h36-38,46H,3-35,39H2,1-2H3. The van der Waals surface area contributed by atoms with Crippen LogP contribution >= 0.6 is 0 Å². The highest BCUT2D eigenvalue weighted by atomic mass is 16.5. The molecule has 1 heterocycles. The lowest BCUT2D eigenvalue weighted by Crippen LogP contribution is -2.47. The number of ether oxygens (including phenoxy) is 3. The van der Waals surface area contributed by atoms with Gasteiger partial charge in [-0.2, -0.15) is 0 Å². The quantitative estimate of drug-likeness (QED) is 0.0566. The van der Waals surface area contributed by atoms with Gasteiger partial charge in [0.2, 0.25) is 0 Å².